The lowest BCUT2D eigenvalue weighted by atomic mass is 10.2. The Labute approximate surface area is 138 Å². The molecule has 3 aromatic heterocycles. The number of thiophene rings is 1. The van der Waals surface area contributed by atoms with E-state index in [1.165, 1.54) is 4.88 Å². The van der Waals surface area contributed by atoms with Crippen molar-refractivity contribution in [1.29, 1.82) is 0 Å². The molecule has 6 nitrogen and oxygen atoms in total. The molecule has 0 spiro atoms. The number of nitrogens with zero attached hydrogens (tertiary/aromatic N) is 5. The summed E-state index contributed by atoms with van der Waals surface area (Å²) in [6.07, 6.45) is 4.10. The average Bonchev–Trinajstić information content (AvgIpc) is 3.28. The van der Waals surface area contributed by atoms with E-state index in [0.29, 0.717) is 5.78 Å². The van der Waals surface area contributed by atoms with Crippen LogP contribution in [0.3, 0.4) is 0 Å². The summed E-state index contributed by atoms with van der Waals surface area (Å²) < 4.78 is 7.66. The quantitative estimate of drug-likeness (QED) is 0.720. The number of ether oxygens (including phenoxy) is 1. The first-order valence-corrected chi connectivity index (χ1v) is 8.74. The highest BCUT2D eigenvalue weighted by molar-refractivity contribution is 7.09. The minimum atomic E-state index is 0.280. The van der Waals surface area contributed by atoms with Crippen molar-refractivity contribution in [3.63, 3.8) is 0 Å². The van der Waals surface area contributed by atoms with Crippen molar-refractivity contribution in [1.82, 2.24) is 19.6 Å². The van der Waals surface area contributed by atoms with Gasteiger partial charge in [-0.15, -0.1) is 11.3 Å². The molecule has 1 unspecified atom stereocenters. The Hall–Kier alpha value is -1.99. The van der Waals surface area contributed by atoms with Crippen LogP contribution in [-0.2, 0) is 11.3 Å². The lowest BCUT2D eigenvalue weighted by Crippen LogP contribution is -2.33. The highest BCUT2D eigenvalue weighted by Gasteiger charge is 2.22. The third kappa shape index (κ3) is 3.07. The maximum absolute atomic E-state index is 5.85. The first-order valence-electron chi connectivity index (χ1n) is 7.86. The van der Waals surface area contributed by atoms with Crippen molar-refractivity contribution in [2.24, 2.45) is 0 Å². The molecule has 0 aromatic carbocycles. The Bertz CT molecular complexity index is 779. The number of rotatable bonds is 5. The lowest BCUT2D eigenvalue weighted by molar-refractivity contribution is 0.115. The zero-order chi connectivity index (χ0) is 15.6. The van der Waals surface area contributed by atoms with Crippen LogP contribution in [-0.4, -0.2) is 38.8 Å². The molecule has 120 valence electrons. The van der Waals surface area contributed by atoms with Crippen molar-refractivity contribution < 1.29 is 4.74 Å². The van der Waals surface area contributed by atoms with Gasteiger partial charge in [-0.2, -0.15) is 14.6 Å². The molecule has 1 aliphatic heterocycles. The number of aryl methyl sites for hydroxylation is 1. The number of fused-ring (bicyclic) bond motifs is 1. The highest BCUT2D eigenvalue weighted by atomic mass is 32.1. The Balaban J connectivity index is 1.71. The molecule has 1 saturated heterocycles. The average molecular weight is 329 g/mol. The smallest absolute Gasteiger partial charge is 0.254 e. The number of aromatic nitrogens is 4. The Morgan fingerprint density at radius 3 is 3.22 bits per heavy atom. The molecule has 4 rings (SSSR count). The van der Waals surface area contributed by atoms with Gasteiger partial charge in [0, 0.05) is 29.8 Å². The molecule has 0 N–H and O–H groups in total. The van der Waals surface area contributed by atoms with Gasteiger partial charge in [0.25, 0.3) is 5.78 Å². The van der Waals surface area contributed by atoms with Gasteiger partial charge in [-0.05, 0) is 31.2 Å². The summed E-state index contributed by atoms with van der Waals surface area (Å²) in [4.78, 5) is 12.3. The van der Waals surface area contributed by atoms with Gasteiger partial charge in [0.2, 0.25) is 0 Å². The van der Waals surface area contributed by atoms with Gasteiger partial charge in [-0.25, -0.2) is 4.98 Å². The van der Waals surface area contributed by atoms with E-state index in [1.54, 1.807) is 17.7 Å². The van der Waals surface area contributed by atoms with E-state index < -0.39 is 0 Å². The Morgan fingerprint density at radius 1 is 1.48 bits per heavy atom. The minimum Gasteiger partial charge on any atom is -0.376 e. The predicted octanol–water partition coefficient (Wildman–Crippen LogP) is 2.68. The van der Waals surface area contributed by atoms with Crippen LogP contribution in [0.15, 0.2) is 29.9 Å². The van der Waals surface area contributed by atoms with Crippen LogP contribution in [0, 0.1) is 6.92 Å². The van der Waals surface area contributed by atoms with Gasteiger partial charge < -0.3 is 9.64 Å². The van der Waals surface area contributed by atoms with Gasteiger partial charge >= 0.3 is 0 Å². The molecule has 0 amide bonds. The van der Waals surface area contributed by atoms with Crippen LogP contribution >= 0.6 is 11.3 Å². The molecule has 1 aliphatic rings. The van der Waals surface area contributed by atoms with E-state index in [4.69, 9.17) is 4.74 Å². The fourth-order valence-corrected chi connectivity index (χ4v) is 3.72. The summed E-state index contributed by atoms with van der Waals surface area (Å²) in [5.74, 6) is 1.66. The first kappa shape index (κ1) is 14.6. The molecule has 0 aliphatic carbocycles. The standard InChI is InChI=1S/C16H19N5OS/c1-12-8-15(21-16(19-12)17-11-18-21)20(9-13-4-2-6-22-13)10-14-5-3-7-23-14/h3,5,7-8,11,13H,2,4,6,9-10H2,1H3. The zero-order valence-corrected chi connectivity index (χ0v) is 13.9. The number of hydrogen-bond donors (Lipinski definition) is 0. The second-order valence-corrected chi connectivity index (χ2v) is 6.85. The highest BCUT2D eigenvalue weighted by Crippen LogP contribution is 2.23. The van der Waals surface area contributed by atoms with E-state index in [1.807, 2.05) is 11.4 Å². The maximum atomic E-state index is 5.85. The van der Waals surface area contributed by atoms with Crippen LogP contribution in [0.1, 0.15) is 23.4 Å². The summed E-state index contributed by atoms with van der Waals surface area (Å²) in [7, 11) is 0. The second kappa shape index (κ2) is 6.25. The van der Waals surface area contributed by atoms with Crippen molar-refractivity contribution in [2.45, 2.75) is 32.4 Å². The largest absolute Gasteiger partial charge is 0.376 e. The lowest BCUT2D eigenvalue weighted by Gasteiger charge is -2.27. The van der Waals surface area contributed by atoms with Crippen LogP contribution in [0.25, 0.3) is 5.78 Å². The van der Waals surface area contributed by atoms with Crippen LogP contribution in [0.2, 0.25) is 0 Å². The summed E-state index contributed by atoms with van der Waals surface area (Å²) in [6, 6.07) is 6.33. The van der Waals surface area contributed by atoms with Gasteiger partial charge in [0.15, 0.2) is 0 Å². The molecule has 23 heavy (non-hydrogen) atoms. The van der Waals surface area contributed by atoms with E-state index in [-0.39, 0.29) is 6.10 Å². The predicted molar refractivity (Wildman–Crippen MR) is 89.9 cm³/mol. The van der Waals surface area contributed by atoms with E-state index in [9.17, 15) is 0 Å². The van der Waals surface area contributed by atoms with Gasteiger partial charge in [0.05, 0.1) is 12.6 Å². The van der Waals surface area contributed by atoms with E-state index in [2.05, 4.69) is 43.5 Å². The SMILES string of the molecule is Cc1cc(N(Cc2cccs2)CC2CCCO2)n2ncnc2n1. The summed E-state index contributed by atoms with van der Waals surface area (Å²) >= 11 is 1.77. The Morgan fingerprint density at radius 2 is 2.43 bits per heavy atom. The van der Waals surface area contributed by atoms with Crippen molar-refractivity contribution in [3.05, 3.63) is 40.5 Å². The molecule has 0 radical (unpaired) electrons. The van der Waals surface area contributed by atoms with Gasteiger partial charge in [-0.1, -0.05) is 6.07 Å². The minimum absolute atomic E-state index is 0.280. The third-order valence-corrected chi connectivity index (χ3v) is 4.92. The molecule has 1 fully saturated rings. The van der Waals surface area contributed by atoms with Crippen LogP contribution < -0.4 is 4.90 Å². The normalized spacial score (nSPS) is 17.9. The maximum Gasteiger partial charge on any atom is 0.254 e. The monoisotopic (exact) mass is 329 g/mol. The molecular formula is C16H19N5OS. The summed E-state index contributed by atoms with van der Waals surface area (Å²) in [5.41, 5.74) is 0.948. The Kier molecular flexibility index (Phi) is 3.97. The molecule has 1 atom stereocenters. The fraction of sp³-hybridized carbons (Fsp3) is 0.438. The first-order chi connectivity index (χ1) is 11.3. The molecular weight excluding hydrogens is 310 g/mol. The second-order valence-electron chi connectivity index (χ2n) is 5.82. The number of hydrogen-bond acceptors (Lipinski definition) is 6. The van der Waals surface area contributed by atoms with Crippen LogP contribution in [0.4, 0.5) is 5.82 Å². The summed E-state index contributed by atoms with van der Waals surface area (Å²) in [6.45, 7) is 4.56. The summed E-state index contributed by atoms with van der Waals surface area (Å²) in [5, 5.41) is 6.46. The molecule has 0 saturated carbocycles. The van der Waals surface area contributed by atoms with Crippen LogP contribution in [0.5, 0.6) is 0 Å². The molecule has 7 heteroatoms. The third-order valence-electron chi connectivity index (χ3n) is 4.06. The van der Waals surface area contributed by atoms with E-state index in [0.717, 1.165) is 44.0 Å². The molecule has 0 bridgehead atoms. The zero-order valence-electron chi connectivity index (χ0n) is 13.1. The molecule has 4 heterocycles. The fourth-order valence-electron chi connectivity index (χ4n) is 3.00. The van der Waals surface area contributed by atoms with Crippen molar-refractivity contribution >= 4 is 22.9 Å². The number of anilines is 1. The van der Waals surface area contributed by atoms with E-state index >= 15 is 0 Å². The van der Waals surface area contributed by atoms with Crippen molar-refractivity contribution in [3.8, 4) is 0 Å². The van der Waals surface area contributed by atoms with Gasteiger partial charge in [-0.3, -0.25) is 0 Å². The molecule has 3 aromatic rings. The topological polar surface area (TPSA) is 55.6 Å². The van der Waals surface area contributed by atoms with Gasteiger partial charge in [0.1, 0.15) is 12.1 Å². The van der Waals surface area contributed by atoms with Crippen molar-refractivity contribution in [2.75, 3.05) is 18.1 Å².